The van der Waals surface area contributed by atoms with Crippen LogP contribution >= 0.6 is 0 Å². The number of hydrogen-bond donors (Lipinski definition) is 3. The van der Waals surface area contributed by atoms with Gasteiger partial charge in [0.2, 0.25) is 17.7 Å². The van der Waals surface area contributed by atoms with Gasteiger partial charge in [0.05, 0.1) is 17.6 Å². The second-order valence-corrected chi connectivity index (χ2v) is 11.3. The Hall–Kier alpha value is -3.86. The van der Waals surface area contributed by atoms with Crippen molar-refractivity contribution in [3.05, 3.63) is 48.2 Å². The third kappa shape index (κ3) is 6.73. The van der Waals surface area contributed by atoms with Gasteiger partial charge in [-0.2, -0.15) is 0 Å². The normalized spacial score (nSPS) is 18.5. The van der Waals surface area contributed by atoms with Crippen molar-refractivity contribution in [1.82, 2.24) is 35.4 Å². The van der Waals surface area contributed by atoms with Crippen molar-refractivity contribution >= 4 is 28.9 Å². The summed E-state index contributed by atoms with van der Waals surface area (Å²) in [5.74, 6) is -0.294. The molecule has 1 aliphatic rings. The van der Waals surface area contributed by atoms with Crippen LogP contribution in [0.15, 0.2) is 36.5 Å². The van der Waals surface area contributed by atoms with Gasteiger partial charge in [-0.25, -0.2) is 14.4 Å². The molecule has 11 heteroatoms. The predicted molar refractivity (Wildman–Crippen MR) is 155 cm³/mol. The van der Waals surface area contributed by atoms with Gasteiger partial charge >= 0.3 is 0 Å². The van der Waals surface area contributed by atoms with E-state index in [2.05, 4.69) is 20.6 Å². The van der Waals surface area contributed by atoms with E-state index in [1.54, 1.807) is 44.2 Å². The highest BCUT2D eigenvalue weighted by Gasteiger charge is 2.41. The predicted octanol–water partition coefficient (Wildman–Crippen LogP) is 3.41. The van der Waals surface area contributed by atoms with Crippen molar-refractivity contribution in [3.8, 4) is 11.1 Å². The van der Waals surface area contributed by atoms with Gasteiger partial charge < -0.3 is 25.4 Å². The first-order valence-corrected chi connectivity index (χ1v) is 14.1. The van der Waals surface area contributed by atoms with Crippen LogP contribution in [0.5, 0.6) is 0 Å². The lowest BCUT2D eigenvalue weighted by Gasteiger charge is -2.33. The van der Waals surface area contributed by atoms with E-state index in [-0.39, 0.29) is 48.1 Å². The Balaban J connectivity index is 1.66. The number of hydrogen-bond acceptors (Lipinski definition) is 6. The summed E-state index contributed by atoms with van der Waals surface area (Å²) in [6.45, 7) is 7.66. The molecule has 2 aromatic heterocycles. The molecular formula is C30H40FN7O3. The summed E-state index contributed by atoms with van der Waals surface area (Å²) in [7, 11) is 3.33. The minimum absolute atomic E-state index is 0.0495. The Labute approximate surface area is 240 Å². The van der Waals surface area contributed by atoms with Crippen molar-refractivity contribution in [2.24, 2.45) is 5.92 Å². The van der Waals surface area contributed by atoms with Crippen LogP contribution in [0.1, 0.15) is 58.8 Å². The molecule has 4 atom stereocenters. The van der Waals surface area contributed by atoms with Crippen LogP contribution in [0.25, 0.3) is 22.3 Å². The number of likely N-dealkylation sites (tertiary alicyclic amines) is 1. The molecule has 3 heterocycles. The van der Waals surface area contributed by atoms with E-state index in [4.69, 9.17) is 4.98 Å². The number of nitrogens with zero attached hydrogens (tertiary/aromatic N) is 4. The van der Waals surface area contributed by atoms with Crippen LogP contribution in [0.2, 0.25) is 0 Å². The molecule has 1 aromatic carbocycles. The fraction of sp³-hybridized carbons (Fsp3) is 0.500. The zero-order valence-corrected chi connectivity index (χ0v) is 24.6. The minimum Gasteiger partial charge on any atom is -0.343 e. The number of nitrogens with one attached hydrogen (secondary N) is 3. The molecule has 220 valence electrons. The summed E-state index contributed by atoms with van der Waals surface area (Å²) in [5, 5.41) is 5.77. The maximum absolute atomic E-state index is 14.2. The molecule has 1 fully saturated rings. The number of imidazole rings is 1. The number of likely N-dealkylation sites (N-methyl/N-ethyl adjacent to an activating group) is 2. The Morgan fingerprint density at radius 1 is 1.20 bits per heavy atom. The smallest absolute Gasteiger partial charge is 0.247 e. The number of aromatic amines is 1. The number of H-pyrrole nitrogens is 1. The van der Waals surface area contributed by atoms with Crippen LogP contribution in [0.4, 0.5) is 4.39 Å². The zero-order chi connectivity index (χ0) is 29.8. The molecular weight excluding hydrogens is 525 g/mol. The summed E-state index contributed by atoms with van der Waals surface area (Å²) < 4.78 is 14.0. The highest BCUT2D eigenvalue weighted by molar-refractivity contribution is 5.92. The molecule has 3 amide bonds. The maximum atomic E-state index is 14.2. The summed E-state index contributed by atoms with van der Waals surface area (Å²) >= 11 is 0. The van der Waals surface area contributed by atoms with Gasteiger partial charge in [0.25, 0.3) is 0 Å². The van der Waals surface area contributed by atoms with E-state index < -0.39 is 12.1 Å². The highest BCUT2D eigenvalue weighted by Crippen LogP contribution is 2.37. The Bertz CT molecular complexity index is 1410. The number of aromatic nitrogens is 3. The summed E-state index contributed by atoms with van der Waals surface area (Å²) in [6, 6.07) is 6.17. The number of carbonyl (C=O) groups excluding carboxylic acids is 3. The lowest BCUT2D eigenvalue weighted by molar-refractivity contribution is -0.141. The number of benzene rings is 1. The largest absolute Gasteiger partial charge is 0.343 e. The molecule has 3 N–H and O–H groups in total. The molecule has 1 unspecified atom stereocenters. The topological polar surface area (TPSA) is 123 Å². The van der Waals surface area contributed by atoms with Gasteiger partial charge in [0.1, 0.15) is 17.7 Å². The van der Waals surface area contributed by atoms with Crippen LogP contribution in [0.3, 0.4) is 0 Å². The monoisotopic (exact) mass is 565 g/mol. The lowest BCUT2D eigenvalue weighted by Crippen LogP contribution is -2.57. The third-order valence-electron chi connectivity index (χ3n) is 7.69. The summed E-state index contributed by atoms with van der Waals surface area (Å²) in [6.07, 6.45) is 3.39. The molecule has 4 rings (SSSR count). The average molecular weight is 566 g/mol. The molecule has 0 radical (unpaired) electrons. The van der Waals surface area contributed by atoms with Gasteiger partial charge in [0.15, 0.2) is 5.65 Å². The van der Waals surface area contributed by atoms with E-state index >= 15 is 0 Å². The van der Waals surface area contributed by atoms with E-state index in [0.717, 1.165) is 12.0 Å². The molecule has 41 heavy (non-hydrogen) atoms. The Morgan fingerprint density at radius 3 is 2.63 bits per heavy atom. The second kappa shape index (κ2) is 12.8. The third-order valence-corrected chi connectivity index (χ3v) is 7.69. The van der Waals surface area contributed by atoms with Gasteiger partial charge in [-0.1, -0.05) is 26.0 Å². The molecule has 1 aliphatic heterocycles. The maximum Gasteiger partial charge on any atom is 0.247 e. The van der Waals surface area contributed by atoms with E-state index in [1.165, 1.54) is 17.0 Å². The minimum atomic E-state index is -0.937. The number of fused-ring (bicyclic) bond motifs is 1. The van der Waals surface area contributed by atoms with Gasteiger partial charge in [-0.05, 0) is 63.4 Å². The van der Waals surface area contributed by atoms with E-state index in [9.17, 15) is 18.8 Å². The number of carbonyl (C=O) groups is 3. The van der Waals surface area contributed by atoms with Crippen molar-refractivity contribution < 1.29 is 18.8 Å². The van der Waals surface area contributed by atoms with Gasteiger partial charge in [-0.3, -0.25) is 14.4 Å². The highest BCUT2D eigenvalue weighted by atomic mass is 19.1. The fourth-order valence-corrected chi connectivity index (χ4v) is 5.28. The zero-order valence-electron chi connectivity index (χ0n) is 24.6. The molecule has 1 saturated heterocycles. The Kier molecular flexibility index (Phi) is 9.37. The molecule has 3 aromatic rings. The summed E-state index contributed by atoms with van der Waals surface area (Å²) in [5.41, 5.74) is 2.58. The molecule has 10 nitrogen and oxygen atoms in total. The summed E-state index contributed by atoms with van der Waals surface area (Å²) in [4.78, 5) is 55.6. The Morgan fingerprint density at radius 2 is 1.95 bits per heavy atom. The molecule has 0 aliphatic carbocycles. The number of rotatable bonds is 10. The van der Waals surface area contributed by atoms with Crippen LogP contribution in [0, 0.1) is 11.7 Å². The number of halogens is 1. The second-order valence-electron chi connectivity index (χ2n) is 11.3. The number of amides is 3. The molecule has 0 saturated carbocycles. The van der Waals surface area contributed by atoms with Crippen molar-refractivity contribution in [1.29, 1.82) is 0 Å². The SMILES string of the molecule is CN[C@@H](C)C(=O)N[C@@H](CN(C)C(=O)CC(C)C)C(=O)N1C(C)CC[C@H]1c1nc2nccc(-c3cccc(F)c3)c2[nH]1. The van der Waals surface area contributed by atoms with Crippen molar-refractivity contribution in [2.75, 3.05) is 20.6 Å². The first kappa shape index (κ1) is 30.1. The van der Waals surface area contributed by atoms with Gasteiger partial charge in [0, 0.05) is 37.8 Å². The quantitative estimate of drug-likeness (QED) is 0.346. The first-order valence-electron chi connectivity index (χ1n) is 14.1. The fourth-order valence-electron chi connectivity index (χ4n) is 5.28. The first-order chi connectivity index (χ1) is 19.5. The standard InChI is InChI=1S/C30H40FN7O3/c1-17(2)14-25(39)37(6)16-23(34-29(40)19(4)32-5)30(41)38-18(3)10-11-24(38)27-35-26-22(12-13-33-28(26)36-27)20-8-7-9-21(31)15-20/h7-9,12-13,15,17-19,23-24,32H,10-11,14,16H2,1-6H3,(H,34,40)(H,33,35,36)/t18?,19-,23-,24-/m0/s1. The van der Waals surface area contributed by atoms with Crippen molar-refractivity contribution in [2.45, 2.75) is 71.1 Å². The molecule has 0 spiro atoms. The van der Waals surface area contributed by atoms with Crippen LogP contribution in [-0.4, -0.2) is 81.2 Å². The van der Waals surface area contributed by atoms with Gasteiger partial charge in [-0.15, -0.1) is 0 Å². The van der Waals surface area contributed by atoms with Crippen LogP contribution < -0.4 is 10.6 Å². The average Bonchev–Trinajstić information content (AvgIpc) is 3.54. The van der Waals surface area contributed by atoms with Crippen molar-refractivity contribution in [3.63, 3.8) is 0 Å². The molecule has 0 bridgehead atoms. The van der Waals surface area contributed by atoms with Crippen LogP contribution in [-0.2, 0) is 14.4 Å². The van der Waals surface area contributed by atoms with E-state index in [0.29, 0.717) is 35.4 Å². The number of pyridine rings is 1. The lowest BCUT2D eigenvalue weighted by atomic mass is 10.1. The van der Waals surface area contributed by atoms with E-state index in [1.807, 2.05) is 26.8 Å².